The second-order valence-electron chi connectivity index (χ2n) is 7.48. The van der Waals surface area contributed by atoms with Gasteiger partial charge in [0, 0.05) is 24.9 Å². The van der Waals surface area contributed by atoms with Gasteiger partial charge < -0.3 is 20.1 Å². The van der Waals surface area contributed by atoms with Crippen molar-refractivity contribution in [2.45, 2.75) is 38.4 Å². The third kappa shape index (κ3) is 3.77. The molecule has 8 nitrogen and oxygen atoms in total. The summed E-state index contributed by atoms with van der Waals surface area (Å²) in [6.45, 7) is 5.01. The van der Waals surface area contributed by atoms with Crippen LogP contribution in [0, 0.1) is 0 Å². The highest BCUT2D eigenvalue weighted by atomic mass is 16.5. The van der Waals surface area contributed by atoms with Crippen LogP contribution in [0.2, 0.25) is 0 Å². The standard InChI is InChI=1S/C19H23N5O3/c1-19(2,26)15-6-5-12(8-20-15)14-9-21-17-18(22-14)24(11-16(25)23-17)10-13-4-3-7-27-13/h5-6,8-9,13,26H,3-4,7,10-11H2,1-2H3,(H,21,23,25). The lowest BCUT2D eigenvalue weighted by Crippen LogP contribution is -2.43. The number of amides is 1. The van der Waals surface area contributed by atoms with Gasteiger partial charge in [-0.3, -0.25) is 9.78 Å². The topological polar surface area (TPSA) is 100 Å². The van der Waals surface area contributed by atoms with Gasteiger partial charge >= 0.3 is 0 Å². The van der Waals surface area contributed by atoms with E-state index in [0.29, 0.717) is 29.6 Å². The van der Waals surface area contributed by atoms with Crippen molar-refractivity contribution in [3.8, 4) is 11.3 Å². The first-order valence-corrected chi connectivity index (χ1v) is 9.13. The largest absolute Gasteiger partial charge is 0.384 e. The SMILES string of the molecule is CC(C)(O)c1ccc(-c2cnc3c(n2)N(CC2CCCO2)CC(=O)N3)cn1. The van der Waals surface area contributed by atoms with Gasteiger partial charge in [0.15, 0.2) is 11.6 Å². The van der Waals surface area contributed by atoms with E-state index < -0.39 is 5.60 Å². The molecule has 1 amide bonds. The number of ether oxygens (including phenoxy) is 1. The van der Waals surface area contributed by atoms with E-state index in [9.17, 15) is 9.90 Å². The van der Waals surface area contributed by atoms with Crippen LogP contribution < -0.4 is 10.2 Å². The van der Waals surface area contributed by atoms with Crippen molar-refractivity contribution in [2.75, 3.05) is 29.9 Å². The fourth-order valence-corrected chi connectivity index (χ4v) is 3.34. The predicted molar refractivity (Wildman–Crippen MR) is 100 cm³/mol. The zero-order valence-electron chi connectivity index (χ0n) is 15.5. The van der Waals surface area contributed by atoms with E-state index >= 15 is 0 Å². The highest BCUT2D eigenvalue weighted by molar-refractivity contribution is 5.99. The average Bonchev–Trinajstić information content (AvgIpc) is 3.14. The Morgan fingerprint density at radius 2 is 2.19 bits per heavy atom. The number of carbonyl (C=O) groups is 1. The number of hydrogen-bond donors (Lipinski definition) is 2. The molecule has 0 saturated carbocycles. The summed E-state index contributed by atoms with van der Waals surface area (Å²) in [5.74, 6) is 1.02. The van der Waals surface area contributed by atoms with Crippen molar-refractivity contribution < 1.29 is 14.6 Å². The van der Waals surface area contributed by atoms with E-state index in [1.807, 2.05) is 11.0 Å². The molecule has 1 fully saturated rings. The minimum absolute atomic E-state index is 0.0984. The van der Waals surface area contributed by atoms with Gasteiger partial charge in [-0.05, 0) is 38.8 Å². The number of aromatic nitrogens is 3. The van der Waals surface area contributed by atoms with Crippen LogP contribution in [0.25, 0.3) is 11.3 Å². The maximum Gasteiger partial charge on any atom is 0.245 e. The maximum absolute atomic E-state index is 12.0. The lowest BCUT2D eigenvalue weighted by atomic mass is 10.0. The third-order valence-electron chi connectivity index (χ3n) is 4.78. The van der Waals surface area contributed by atoms with Gasteiger partial charge in [0.2, 0.25) is 5.91 Å². The number of fused-ring (bicyclic) bond motifs is 1. The fraction of sp³-hybridized carbons (Fsp3) is 0.474. The number of hydrogen-bond acceptors (Lipinski definition) is 7. The van der Waals surface area contributed by atoms with Gasteiger partial charge in [0.25, 0.3) is 0 Å². The van der Waals surface area contributed by atoms with E-state index in [0.717, 1.165) is 25.0 Å². The van der Waals surface area contributed by atoms with Crippen LogP contribution >= 0.6 is 0 Å². The van der Waals surface area contributed by atoms with Crippen LogP contribution in [0.4, 0.5) is 11.6 Å². The lowest BCUT2D eigenvalue weighted by Gasteiger charge is -2.30. The molecule has 2 aliphatic heterocycles. The Hall–Kier alpha value is -2.58. The van der Waals surface area contributed by atoms with Gasteiger partial charge in [0.05, 0.1) is 30.2 Å². The van der Waals surface area contributed by atoms with E-state index in [1.165, 1.54) is 0 Å². The van der Waals surface area contributed by atoms with Crippen molar-refractivity contribution in [1.29, 1.82) is 0 Å². The van der Waals surface area contributed by atoms with Crippen molar-refractivity contribution in [3.05, 3.63) is 30.2 Å². The minimum atomic E-state index is -0.998. The van der Waals surface area contributed by atoms with E-state index in [-0.39, 0.29) is 18.6 Å². The number of pyridine rings is 1. The number of nitrogens with zero attached hydrogens (tertiary/aromatic N) is 4. The highest BCUT2D eigenvalue weighted by Crippen LogP contribution is 2.30. The molecule has 1 atom stereocenters. The molecule has 0 radical (unpaired) electrons. The van der Waals surface area contributed by atoms with Crippen molar-refractivity contribution >= 4 is 17.5 Å². The fourth-order valence-electron chi connectivity index (χ4n) is 3.34. The summed E-state index contributed by atoms with van der Waals surface area (Å²) in [6, 6.07) is 3.64. The summed E-state index contributed by atoms with van der Waals surface area (Å²) < 4.78 is 5.71. The molecule has 1 saturated heterocycles. The average molecular weight is 369 g/mol. The molecule has 0 aliphatic carbocycles. The Morgan fingerprint density at radius 1 is 1.33 bits per heavy atom. The monoisotopic (exact) mass is 369 g/mol. The normalized spacial score (nSPS) is 19.7. The maximum atomic E-state index is 12.0. The second kappa shape index (κ2) is 6.86. The Balaban J connectivity index is 1.63. The zero-order valence-corrected chi connectivity index (χ0v) is 15.5. The molecule has 4 heterocycles. The molecule has 2 aromatic heterocycles. The molecule has 4 rings (SSSR count). The molecule has 0 aromatic carbocycles. The predicted octanol–water partition coefficient (Wildman–Crippen LogP) is 1.70. The van der Waals surface area contributed by atoms with Crippen LogP contribution in [0.5, 0.6) is 0 Å². The molecule has 8 heteroatoms. The quantitative estimate of drug-likeness (QED) is 0.846. The third-order valence-corrected chi connectivity index (χ3v) is 4.78. The summed E-state index contributed by atoms with van der Waals surface area (Å²) in [6.07, 6.45) is 5.44. The molecule has 1 unspecified atom stereocenters. The van der Waals surface area contributed by atoms with Gasteiger partial charge in [-0.1, -0.05) is 0 Å². The minimum Gasteiger partial charge on any atom is -0.384 e. The Labute approximate surface area is 157 Å². The Bertz CT molecular complexity index is 841. The number of nitrogens with one attached hydrogen (secondary N) is 1. The van der Waals surface area contributed by atoms with Gasteiger partial charge in [-0.25, -0.2) is 9.97 Å². The van der Waals surface area contributed by atoms with Crippen molar-refractivity contribution in [3.63, 3.8) is 0 Å². The summed E-state index contributed by atoms with van der Waals surface area (Å²) in [7, 11) is 0. The second-order valence-corrected chi connectivity index (χ2v) is 7.48. The summed E-state index contributed by atoms with van der Waals surface area (Å²) >= 11 is 0. The molecule has 27 heavy (non-hydrogen) atoms. The number of rotatable bonds is 4. The summed E-state index contributed by atoms with van der Waals surface area (Å²) in [4.78, 5) is 27.4. The molecule has 0 bridgehead atoms. The summed E-state index contributed by atoms with van der Waals surface area (Å²) in [5, 5.41) is 12.8. The van der Waals surface area contributed by atoms with E-state index in [4.69, 9.17) is 9.72 Å². The zero-order chi connectivity index (χ0) is 19.0. The molecule has 2 aromatic rings. The lowest BCUT2D eigenvalue weighted by molar-refractivity contribution is -0.115. The van der Waals surface area contributed by atoms with Gasteiger partial charge in [-0.15, -0.1) is 0 Å². The van der Waals surface area contributed by atoms with E-state index in [1.54, 1.807) is 32.3 Å². The first-order valence-electron chi connectivity index (χ1n) is 9.13. The highest BCUT2D eigenvalue weighted by Gasteiger charge is 2.29. The number of anilines is 2. The first-order chi connectivity index (χ1) is 12.9. The van der Waals surface area contributed by atoms with Crippen LogP contribution in [0.15, 0.2) is 24.5 Å². The molecule has 0 spiro atoms. The van der Waals surface area contributed by atoms with Crippen molar-refractivity contribution in [1.82, 2.24) is 15.0 Å². The Morgan fingerprint density at radius 3 is 2.85 bits per heavy atom. The molecule has 142 valence electrons. The van der Waals surface area contributed by atoms with Crippen LogP contribution in [0.1, 0.15) is 32.4 Å². The number of aliphatic hydroxyl groups is 1. The molecule has 2 N–H and O–H groups in total. The Kier molecular flexibility index (Phi) is 4.53. The molecular weight excluding hydrogens is 346 g/mol. The van der Waals surface area contributed by atoms with Gasteiger partial charge in [0.1, 0.15) is 5.60 Å². The number of carbonyl (C=O) groups excluding carboxylic acids is 1. The van der Waals surface area contributed by atoms with Crippen LogP contribution in [-0.4, -0.2) is 51.8 Å². The first kappa shape index (κ1) is 17.8. The summed E-state index contributed by atoms with van der Waals surface area (Å²) in [5.41, 5.74) is 1.05. The van der Waals surface area contributed by atoms with Gasteiger partial charge in [-0.2, -0.15) is 0 Å². The van der Waals surface area contributed by atoms with E-state index in [2.05, 4.69) is 15.3 Å². The van der Waals surface area contributed by atoms with Crippen molar-refractivity contribution in [2.24, 2.45) is 0 Å². The van der Waals surface area contributed by atoms with Crippen LogP contribution in [-0.2, 0) is 15.1 Å². The van der Waals surface area contributed by atoms with Crippen LogP contribution in [0.3, 0.4) is 0 Å². The smallest absolute Gasteiger partial charge is 0.245 e. The molecule has 2 aliphatic rings. The molecular formula is C19H23N5O3.